The largest absolute Gasteiger partial charge is 0.482 e. The van der Waals surface area contributed by atoms with Crippen LogP contribution in [0.3, 0.4) is 0 Å². The highest BCUT2D eigenvalue weighted by Gasteiger charge is 2.29. The molecule has 0 bridgehead atoms. The van der Waals surface area contributed by atoms with E-state index in [1.807, 2.05) is 0 Å². The number of rotatable bonds is 6. The van der Waals surface area contributed by atoms with Crippen LogP contribution in [0.1, 0.15) is 5.56 Å². The summed E-state index contributed by atoms with van der Waals surface area (Å²) in [4.78, 5) is 14.8. The van der Waals surface area contributed by atoms with Crippen LogP contribution in [0.15, 0.2) is 53.6 Å². The third-order valence-electron chi connectivity index (χ3n) is 4.92. The molecule has 1 aromatic heterocycles. The van der Waals surface area contributed by atoms with Gasteiger partial charge in [0.1, 0.15) is 12.4 Å². The Morgan fingerprint density at radius 2 is 1.97 bits per heavy atom. The van der Waals surface area contributed by atoms with Crippen molar-refractivity contribution in [2.45, 2.75) is 11.5 Å². The average Bonchev–Trinajstić information content (AvgIpc) is 2.79. The van der Waals surface area contributed by atoms with Gasteiger partial charge in [-0.1, -0.05) is 6.07 Å². The van der Waals surface area contributed by atoms with Crippen molar-refractivity contribution in [3.05, 3.63) is 70.2 Å². The molecular formula is C20H18FN3O6S. The van der Waals surface area contributed by atoms with Gasteiger partial charge in [0.25, 0.3) is 0 Å². The SMILES string of the molecule is O=[N+]([O-])c1cc(S(=O)(=O)N2CCOCC2)ccc1OCc1ccc(F)c2cccnc12. The summed E-state index contributed by atoms with van der Waals surface area (Å²) in [6, 6.07) is 9.46. The number of nitrogens with zero attached hydrogens (tertiary/aromatic N) is 3. The molecule has 2 heterocycles. The normalized spacial score (nSPS) is 15.1. The van der Waals surface area contributed by atoms with E-state index in [4.69, 9.17) is 9.47 Å². The van der Waals surface area contributed by atoms with Crippen LogP contribution in [0.5, 0.6) is 5.75 Å². The third-order valence-corrected chi connectivity index (χ3v) is 6.81. The van der Waals surface area contributed by atoms with Crippen molar-refractivity contribution in [3.8, 4) is 5.75 Å². The van der Waals surface area contributed by atoms with E-state index >= 15 is 0 Å². The highest BCUT2D eigenvalue weighted by molar-refractivity contribution is 7.89. The molecule has 0 amide bonds. The minimum atomic E-state index is -3.89. The number of hydrogen-bond acceptors (Lipinski definition) is 7. The number of nitro benzene ring substituents is 1. The van der Waals surface area contributed by atoms with Crippen molar-refractivity contribution < 1.29 is 27.2 Å². The Morgan fingerprint density at radius 1 is 1.19 bits per heavy atom. The summed E-state index contributed by atoms with van der Waals surface area (Å²) in [5, 5.41) is 11.9. The van der Waals surface area contributed by atoms with Crippen LogP contribution in [-0.2, 0) is 21.4 Å². The Bertz CT molecular complexity index is 1240. The maximum atomic E-state index is 14.0. The molecule has 162 valence electrons. The first-order chi connectivity index (χ1) is 14.9. The molecule has 3 aromatic rings. The number of aromatic nitrogens is 1. The second-order valence-corrected chi connectivity index (χ2v) is 8.74. The molecule has 1 aliphatic rings. The molecular weight excluding hydrogens is 429 g/mol. The van der Waals surface area contributed by atoms with Crippen molar-refractivity contribution in [1.29, 1.82) is 0 Å². The van der Waals surface area contributed by atoms with Gasteiger partial charge in [-0.15, -0.1) is 0 Å². The lowest BCUT2D eigenvalue weighted by atomic mass is 10.1. The fourth-order valence-electron chi connectivity index (χ4n) is 3.33. The molecule has 0 saturated carbocycles. The topological polar surface area (TPSA) is 112 Å². The lowest BCUT2D eigenvalue weighted by Crippen LogP contribution is -2.40. The van der Waals surface area contributed by atoms with Gasteiger partial charge < -0.3 is 9.47 Å². The van der Waals surface area contributed by atoms with Crippen LogP contribution < -0.4 is 4.74 Å². The Labute approximate surface area is 177 Å². The lowest BCUT2D eigenvalue weighted by Gasteiger charge is -2.26. The smallest absolute Gasteiger partial charge is 0.312 e. The molecule has 1 fully saturated rings. The Balaban J connectivity index is 1.63. The molecule has 9 nitrogen and oxygen atoms in total. The summed E-state index contributed by atoms with van der Waals surface area (Å²) in [6.07, 6.45) is 1.51. The van der Waals surface area contributed by atoms with Gasteiger partial charge in [0.2, 0.25) is 10.0 Å². The van der Waals surface area contributed by atoms with Crippen LogP contribution >= 0.6 is 0 Å². The number of hydrogen-bond donors (Lipinski definition) is 0. The number of morpholine rings is 1. The average molecular weight is 447 g/mol. The van der Waals surface area contributed by atoms with Crippen molar-refractivity contribution in [1.82, 2.24) is 9.29 Å². The number of fused-ring (bicyclic) bond motifs is 1. The van der Waals surface area contributed by atoms with E-state index in [0.29, 0.717) is 16.5 Å². The summed E-state index contributed by atoms with van der Waals surface area (Å²) in [7, 11) is -3.89. The molecule has 1 saturated heterocycles. The molecule has 0 spiro atoms. The molecule has 11 heteroatoms. The minimum absolute atomic E-state index is 0.0978. The first-order valence-electron chi connectivity index (χ1n) is 9.39. The quantitative estimate of drug-likeness (QED) is 0.422. The predicted octanol–water partition coefficient (Wildman–Crippen LogP) is 2.88. The zero-order chi connectivity index (χ0) is 22.0. The fourth-order valence-corrected chi connectivity index (χ4v) is 4.76. The predicted molar refractivity (Wildman–Crippen MR) is 109 cm³/mol. The fraction of sp³-hybridized carbons (Fsp3) is 0.250. The minimum Gasteiger partial charge on any atom is -0.482 e. The third kappa shape index (κ3) is 4.20. The van der Waals surface area contributed by atoms with E-state index in [0.717, 1.165) is 6.07 Å². The van der Waals surface area contributed by atoms with Gasteiger partial charge in [0.15, 0.2) is 5.75 Å². The van der Waals surface area contributed by atoms with Gasteiger partial charge in [-0.25, -0.2) is 12.8 Å². The molecule has 0 atom stereocenters. The van der Waals surface area contributed by atoms with E-state index in [9.17, 15) is 22.9 Å². The number of pyridine rings is 1. The second kappa shape index (κ2) is 8.53. The molecule has 1 aliphatic heterocycles. The van der Waals surface area contributed by atoms with Gasteiger partial charge >= 0.3 is 5.69 Å². The number of sulfonamides is 1. The van der Waals surface area contributed by atoms with Crippen LogP contribution in [0.2, 0.25) is 0 Å². The maximum absolute atomic E-state index is 14.0. The first kappa shape index (κ1) is 21.1. The summed E-state index contributed by atoms with van der Waals surface area (Å²) in [6.45, 7) is 0.784. The van der Waals surface area contributed by atoms with Crippen molar-refractivity contribution in [2.75, 3.05) is 26.3 Å². The maximum Gasteiger partial charge on any atom is 0.312 e. The monoisotopic (exact) mass is 447 g/mol. The summed E-state index contributed by atoms with van der Waals surface area (Å²) in [5.41, 5.74) is 0.446. The highest BCUT2D eigenvalue weighted by atomic mass is 32.2. The molecule has 31 heavy (non-hydrogen) atoms. The zero-order valence-electron chi connectivity index (χ0n) is 16.2. The molecule has 0 N–H and O–H groups in total. The van der Waals surface area contributed by atoms with Gasteiger partial charge in [0.05, 0.1) is 28.5 Å². The van der Waals surface area contributed by atoms with E-state index in [-0.39, 0.29) is 43.6 Å². The molecule has 0 aliphatic carbocycles. The number of benzene rings is 2. The van der Waals surface area contributed by atoms with Gasteiger partial charge in [-0.3, -0.25) is 15.1 Å². The van der Waals surface area contributed by atoms with E-state index in [1.54, 1.807) is 12.1 Å². The summed E-state index contributed by atoms with van der Waals surface area (Å²) >= 11 is 0. The standard InChI is InChI=1S/C20H18FN3O6S/c21-17-5-3-14(20-16(17)2-1-7-22-20)13-30-19-6-4-15(12-18(19)24(25)26)31(27,28)23-8-10-29-11-9-23/h1-7,12H,8-11,13H2. The highest BCUT2D eigenvalue weighted by Crippen LogP contribution is 2.32. The Hall–Kier alpha value is -3.15. The van der Waals surface area contributed by atoms with E-state index in [1.165, 1.54) is 34.8 Å². The lowest BCUT2D eigenvalue weighted by molar-refractivity contribution is -0.386. The summed E-state index contributed by atoms with van der Waals surface area (Å²) < 4.78 is 51.6. The van der Waals surface area contributed by atoms with Crippen molar-refractivity contribution in [2.24, 2.45) is 0 Å². The van der Waals surface area contributed by atoms with Gasteiger partial charge in [-0.2, -0.15) is 4.31 Å². The second-order valence-electron chi connectivity index (χ2n) is 6.80. The molecule has 0 radical (unpaired) electrons. The first-order valence-corrected chi connectivity index (χ1v) is 10.8. The molecule has 4 rings (SSSR count). The van der Waals surface area contributed by atoms with Crippen LogP contribution in [-0.4, -0.2) is 48.9 Å². The summed E-state index contributed by atoms with van der Waals surface area (Å²) in [5.74, 6) is -0.533. The zero-order valence-corrected chi connectivity index (χ0v) is 17.0. The number of nitro groups is 1. The number of halogens is 1. The van der Waals surface area contributed by atoms with E-state index < -0.39 is 26.5 Å². The molecule has 0 unspecified atom stereocenters. The van der Waals surface area contributed by atoms with Crippen LogP contribution in [0.25, 0.3) is 10.9 Å². The van der Waals surface area contributed by atoms with Gasteiger partial charge in [0, 0.05) is 36.3 Å². The number of ether oxygens (including phenoxy) is 2. The van der Waals surface area contributed by atoms with Crippen LogP contribution in [0.4, 0.5) is 10.1 Å². The van der Waals surface area contributed by atoms with E-state index in [2.05, 4.69) is 4.98 Å². The Morgan fingerprint density at radius 3 is 2.71 bits per heavy atom. The van der Waals surface area contributed by atoms with Gasteiger partial charge in [-0.05, 0) is 30.3 Å². The van der Waals surface area contributed by atoms with Crippen LogP contribution in [0, 0.1) is 15.9 Å². The van der Waals surface area contributed by atoms with Crippen molar-refractivity contribution >= 4 is 26.6 Å². The molecule has 2 aromatic carbocycles. The van der Waals surface area contributed by atoms with Crippen molar-refractivity contribution in [3.63, 3.8) is 0 Å². The Kier molecular flexibility index (Phi) is 5.81.